The van der Waals surface area contributed by atoms with Crippen molar-refractivity contribution in [3.05, 3.63) is 45.1 Å². The molecule has 2 fully saturated rings. The maximum absolute atomic E-state index is 12.6. The van der Waals surface area contributed by atoms with Gasteiger partial charge in [-0.2, -0.15) is 0 Å². The Balaban J connectivity index is 0.00000210. The van der Waals surface area contributed by atoms with Crippen LogP contribution in [0.2, 0.25) is 0 Å². The molecular weight excluding hydrogens is 368 g/mol. The zero-order chi connectivity index (χ0) is 18.3. The van der Waals surface area contributed by atoms with Crippen LogP contribution in [-0.2, 0) is 11.3 Å². The molecule has 0 saturated heterocycles. The van der Waals surface area contributed by atoms with Gasteiger partial charge >= 0.3 is 5.69 Å². The number of nitrogens with one attached hydrogen (secondary N) is 2. The summed E-state index contributed by atoms with van der Waals surface area (Å²) in [6.07, 6.45) is 5.19. The molecule has 0 spiro atoms. The lowest BCUT2D eigenvalue weighted by atomic mass is 9.67. The normalized spacial score (nSPS) is 27.0. The van der Waals surface area contributed by atoms with E-state index >= 15 is 0 Å². The number of benzene rings is 1. The molecule has 2 aliphatic rings. The third-order valence-corrected chi connectivity index (χ3v) is 5.90. The molecule has 1 aromatic heterocycles. The third-order valence-electron chi connectivity index (χ3n) is 5.90. The van der Waals surface area contributed by atoms with E-state index in [0.29, 0.717) is 22.7 Å². The summed E-state index contributed by atoms with van der Waals surface area (Å²) in [6, 6.07) is 7.13. The van der Waals surface area contributed by atoms with Crippen molar-refractivity contribution >= 4 is 29.2 Å². The van der Waals surface area contributed by atoms with Crippen molar-refractivity contribution in [1.29, 1.82) is 0 Å². The Bertz CT molecular complexity index is 940. The Hall–Kier alpha value is -2.12. The first-order valence-corrected chi connectivity index (χ1v) is 9.29. The smallest absolute Gasteiger partial charge is 0.329 e. The summed E-state index contributed by atoms with van der Waals surface area (Å²) in [5.74, 6) is 0.506. The number of carbonyl (C=O) groups excluding carboxylic acids is 1. The Morgan fingerprint density at radius 3 is 2.56 bits per heavy atom. The highest BCUT2D eigenvalue weighted by molar-refractivity contribution is 5.85. The van der Waals surface area contributed by atoms with E-state index in [-0.39, 0.29) is 36.9 Å². The molecule has 1 heterocycles. The number of H-pyrrole nitrogens is 1. The van der Waals surface area contributed by atoms with E-state index in [0.717, 1.165) is 30.3 Å². The summed E-state index contributed by atoms with van der Waals surface area (Å²) in [4.78, 5) is 40.0. The summed E-state index contributed by atoms with van der Waals surface area (Å²) in [6.45, 7) is -0.263. The average Bonchev–Trinajstić information content (AvgIpc) is 2.59. The lowest BCUT2D eigenvalue weighted by Gasteiger charge is -2.45. The topological polar surface area (TPSA) is 110 Å². The van der Waals surface area contributed by atoms with E-state index in [4.69, 9.17) is 5.73 Å². The molecule has 2 aromatic rings. The van der Waals surface area contributed by atoms with Gasteiger partial charge in [0, 0.05) is 12.1 Å². The lowest BCUT2D eigenvalue weighted by Crippen LogP contribution is -2.55. The second-order valence-electron chi connectivity index (χ2n) is 7.64. The second kappa shape index (κ2) is 7.86. The first-order valence-electron chi connectivity index (χ1n) is 9.29. The molecule has 4 N–H and O–H groups in total. The van der Waals surface area contributed by atoms with Crippen molar-refractivity contribution in [3.8, 4) is 0 Å². The highest BCUT2D eigenvalue weighted by Gasteiger charge is 2.39. The summed E-state index contributed by atoms with van der Waals surface area (Å²) >= 11 is 0. The van der Waals surface area contributed by atoms with Crippen molar-refractivity contribution in [2.75, 3.05) is 0 Å². The number of amides is 1. The van der Waals surface area contributed by atoms with Gasteiger partial charge in [-0.25, -0.2) is 4.79 Å². The van der Waals surface area contributed by atoms with Gasteiger partial charge in [-0.3, -0.25) is 14.2 Å². The van der Waals surface area contributed by atoms with Gasteiger partial charge in [0.15, 0.2) is 0 Å². The molecule has 1 amide bonds. The van der Waals surface area contributed by atoms with Crippen LogP contribution in [0.4, 0.5) is 0 Å². The zero-order valence-corrected chi connectivity index (χ0v) is 15.8. The molecule has 2 atom stereocenters. The van der Waals surface area contributed by atoms with Crippen molar-refractivity contribution < 1.29 is 4.79 Å². The van der Waals surface area contributed by atoms with Gasteiger partial charge in [0.1, 0.15) is 6.54 Å². The molecule has 27 heavy (non-hydrogen) atoms. The summed E-state index contributed by atoms with van der Waals surface area (Å²) in [5, 5.41) is 3.49. The molecule has 8 heteroatoms. The number of rotatable bonds is 3. The van der Waals surface area contributed by atoms with Crippen LogP contribution in [-0.4, -0.2) is 27.5 Å². The minimum absolute atomic E-state index is 0. The van der Waals surface area contributed by atoms with E-state index in [2.05, 4.69) is 10.3 Å². The molecule has 146 valence electrons. The minimum Gasteiger partial charge on any atom is -0.351 e. The number of fused-ring (bicyclic) bond motifs is 3. The first-order chi connectivity index (χ1) is 12.5. The average molecular weight is 393 g/mol. The Morgan fingerprint density at radius 1 is 1.19 bits per heavy atom. The standard InChI is InChI=1S/C19H24N4O3.ClH/c20-13-8-11-4-3-5-12(9-13)17(11)22-16(24)10-23-18(25)14-6-1-2-7-15(14)21-19(23)26;/h1-2,6-7,11-13,17H,3-5,8-10,20H2,(H,21,26)(H,22,24);1H. The lowest BCUT2D eigenvalue weighted by molar-refractivity contribution is -0.124. The molecule has 2 aliphatic carbocycles. The molecule has 0 aliphatic heterocycles. The molecule has 1 aromatic carbocycles. The van der Waals surface area contributed by atoms with E-state index < -0.39 is 11.2 Å². The molecule has 2 unspecified atom stereocenters. The SMILES string of the molecule is Cl.NC1CC2CCCC(C1)C2NC(=O)Cn1c(=O)[nH]c2ccccc2c1=O. The van der Waals surface area contributed by atoms with Gasteiger partial charge in [-0.15, -0.1) is 12.4 Å². The first kappa shape index (κ1) is 19.6. The van der Waals surface area contributed by atoms with Gasteiger partial charge in [0.05, 0.1) is 10.9 Å². The van der Waals surface area contributed by atoms with Crippen LogP contribution in [0.15, 0.2) is 33.9 Å². The van der Waals surface area contributed by atoms with Crippen LogP contribution < -0.4 is 22.3 Å². The van der Waals surface area contributed by atoms with Gasteiger partial charge in [-0.05, 0) is 49.7 Å². The molecule has 2 bridgehead atoms. The Morgan fingerprint density at radius 2 is 1.85 bits per heavy atom. The summed E-state index contributed by atoms with van der Waals surface area (Å²) in [5.41, 5.74) is 5.61. The molecule has 2 saturated carbocycles. The summed E-state index contributed by atoms with van der Waals surface area (Å²) < 4.78 is 0.974. The maximum Gasteiger partial charge on any atom is 0.329 e. The van der Waals surface area contributed by atoms with Crippen LogP contribution in [0.5, 0.6) is 0 Å². The van der Waals surface area contributed by atoms with E-state index in [9.17, 15) is 14.4 Å². The van der Waals surface area contributed by atoms with Crippen molar-refractivity contribution in [2.24, 2.45) is 17.6 Å². The number of halogens is 1. The fourth-order valence-electron chi connectivity index (χ4n) is 4.74. The van der Waals surface area contributed by atoms with Crippen LogP contribution in [0.1, 0.15) is 32.1 Å². The van der Waals surface area contributed by atoms with Crippen molar-refractivity contribution in [3.63, 3.8) is 0 Å². The minimum atomic E-state index is -0.560. The van der Waals surface area contributed by atoms with Crippen molar-refractivity contribution in [2.45, 2.75) is 50.7 Å². The number of para-hydroxylation sites is 1. The molecule has 7 nitrogen and oxygen atoms in total. The van der Waals surface area contributed by atoms with Crippen LogP contribution in [0.3, 0.4) is 0 Å². The maximum atomic E-state index is 12.6. The number of hydrogen-bond acceptors (Lipinski definition) is 4. The monoisotopic (exact) mass is 392 g/mol. The van der Waals surface area contributed by atoms with E-state index in [1.165, 1.54) is 6.42 Å². The molecular formula is C19H25ClN4O3. The fraction of sp³-hybridized carbons (Fsp3) is 0.526. The Kier molecular flexibility index (Phi) is 5.72. The highest BCUT2D eigenvalue weighted by Crippen LogP contribution is 2.39. The van der Waals surface area contributed by atoms with Gasteiger partial charge in [0.2, 0.25) is 5.91 Å². The van der Waals surface area contributed by atoms with E-state index in [1.54, 1.807) is 24.3 Å². The van der Waals surface area contributed by atoms with Crippen molar-refractivity contribution in [1.82, 2.24) is 14.9 Å². The van der Waals surface area contributed by atoms with Crippen LogP contribution in [0, 0.1) is 11.8 Å². The van der Waals surface area contributed by atoms with Gasteiger partial charge in [0.25, 0.3) is 5.56 Å². The predicted octanol–water partition coefficient (Wildman–Crippen LogP) is 1.13. The number of hydrogen-bond donors (Lipinski definition) is 3. The molecule has 4 rings (SSSR count). The fourth-order valence-corrected chi connectivity index (χ4v) is 4.74. The van der Waals surface area contributed by atoms with Gasteiger partial charge in [-0.1, -0.05) is 18.6 Å². The largest absolute Gasteiger partial charge is 0.351 e. The Labute approximate surface area is 162 Å². The number of carbonyl (C=O) groups is 1. The van der Waals surface area contributed by atoms with Gasteiger partial charge < -0.3 is 16.0 Å². The number of nitrogens with zero attached hydrogens (tertiary/aromatic N) is 1. The number of aromatic nitrogens is 2. The number of aromatic amines is 1. The second-order valence-corrected chi connectivity index (χ2v) is 7.64. The third kappa shape index (κ3) is 3.80. The van der Waals surface area contributed by atoms with Crippen LogP contribution >= 0.6 is 12.4 Å². The van der Waals surface area contributed by atoms with Crippen LogP contribution in [0.25, 0.3) is 10.9 Å². The predicted molar refractivity (Wildman–Crippen MR) is 106 cm³/mol. The summed E-state index contributed by atoms with van der Waals surface area (Å²) in [7, 11) is 0. The molecule has 0 radical (unpaired) electrons. The van der Waals surface area contributed by atoms with E-state index in [1.807, 2.05) is 0 Å². The highest BCUT2D eigenvalue weighted by atomic mass is 35.5. The number of nitrogens with two attached hydrogens (primary N) is 1. The zero-order valence-electron chi connectivity index (χ0n) is 15.0. The quantitative estimate of drug-likeness (QED) is 0.727.